The highest BCUT2D eigenvalue weighted by Gasteiger charge is 2.22. The minimum Gasteiger partial charge on any atom is -0.369 e. The summed E-state index contributed by atoms with van der Waals surface area (Å²) in [5, 5.41) is 2.29. The molecule has 120 valence electrons. The van der Waals surface area contributed by atoms with Crippen molar-refractivity contribution in [1.82, 2.24) is 5.32 Å². The minimum atomic E-state index is -4.33. The van der Waals surface area contributed by atoms with Crippen molar-refractivity contribution >= 4 is 30.5 Å². The van der Waals surface area contributed by atoms with E-state index in [0.717, 1.165) is 0 Å². The van der Waals surface area contributed by atoms with Gasteiger partial charge < -0.3 is 20.8 Å². The molecule has 0 unspecified atom stereocenters. The molecule has 8 nitrogen and oxygen atoms in total. The van der Waals surface area contributed by atoms with Gasteiger partial charge in [-0.1, -0.05) is 12.1 Å². The largest absolute Gasteiger partial charge is 0.369 e. The molecule has 1 aromatic carbocycles. The smallest absolute Gasteiger partial charge is 0.356 e. The molecule has 0 heterocycles. The van der Waals surface area contributed by atoms with E-state index in [9.17, 15) is 18.9 Å². The average molecular weight is 328 g/mol. The average Bonchev–Trinajstić information content (AvgIpc) is 2.36. The molecule has 2 amide bonds. The molecule has 5 N–H and O–H groups in total. The topological polar surface area (TPSA) is 147 Å². The molecule has 1 atom stereocenters. The van der Waals surface area contributed by atoms with Crippen LogP contribution in [-0.2, 0) is 25.4 Å². The molecule has 0 aliphatic rings. The number of Topliss-reactive ketones (excluding diaryl/α,β-unsaturated/α-hetero) is 1. The number of rotatable bonds is 7. The molecular formula is C13H17N2O6P. The highest BCUT2D eigenvalue weighted by Crippen LogP contribution is 2.32. The van der Waals surface area contributed by atoms with Crippen LogP contribution in [-0.4, -0.2) is 33.4 Å². The predicted molar refractivity (Wildman–Crippen MR) is 78.2 cm³/mol. The summed E-state index contributed by atoms with van der Waals surface area (Å²) in [6.07, 6.45) is -0.404. The molecule has 22 heavy (non-hydrogen) atoms. The summed E-state index contributed by atoms with van der Waals surface area (Å²) in [6, 6.07) is 4.46. The van der Waals surface area contributed by atoms with Crippen LogP contribution >= 0.6 is 7.60 Å². The fourth-order valence-electron chi connectivity index (χ4n) is 1.85. The minimum absolute atomic E-state index is 0.0904. The Labute approximate surface area is 126 Å². The van der Waals surface area contributed by atoms with E-state index in [0.29, 0.717) is 5.56 Å². The zero-order valence-electron chi connectivity index (χ0n) is 11.9. The summed E-state index contributed by atoms with van der Waals surface area (Å²) in [5.74, 6) is -1.76. The first-order valence-corrected chi connectivity index (χ1v) is 7.94. The zero-order valence-corrected chi connectivity index (χ0v) is 12.7. The van der Waals surface area contributed by atoms with Crippen LogP contribution in [0.1, 0.15) is 18.9 Å². The molecule has 0 fully saturated rings. The van der Waals surface area contributed by atoms with Crippen LogP contribution in [0.4, 0.5) is 0 Å². The SMILES string of the molecule is CC(=O)N[C@@H](Cc1ccc(P(=O)(O)O)cc1)C(=O)CC(N)=O. The van der Waals surface area contributed by atoms with E-state index < -0.39 is 37.7 Å². The van der Waals surface area contributed by atoms with E-state index in [-0.39, 0.29) is 11.7 Å². The van der Waals surface area contributed by atoms with Crippen LogP contribution in [0.5, 0.6) is 0 Å². The second kappa shape index (κ2) is 7.31. The van der Waals surface area contributed by atoms with Crippen LogP contribution in [0.2, 0.25) is 0 Å². The molecule has 0 aliphatic heterocycles. The molecule has 0 bridgehead atoms. The molecule has 9 heteroatoms. The Morgan fingerprint density at radius 1 is 1.23 bits per heavy atom. The molecule has 0 saturated heterocycles. The van der Waals surface area contributed by atoms with Crippen molar-refractivity contribution in [3.8, 4) is 0 Å². The number of carbonyl (C=O) groups excluding carboxylic acids is 3. The van der Waals surface area contributed by atoms with Gasteiger partial charge in [-0.25, -0.2) is 0 Å². The van der Waals surface area contributed by atoms with Gasteiger partial charge in [0.2, 0.25) is 11.8 Å². The summed E-state index contributed by atoms with van der Waals surface area (Å²) in [4.78, 5) is 51.9. The Morgan fingerprint density at radius 2 is 1.77 bits per heavy atom. The van der Waals surface area contributed by atoms with Gasteiger partial charge in [0.1, 0.15) is 0 Å². The van der Waals surface area contributed by atoms with Gasteiger partial charge in [0.05, 0.1) is 17.8 Å². The Bertz CT molecular complexity index is 622. The molecule has 1 rings (SSSR count). The summed E-state index contributed by atoms with van der Waals surface area (Å²) < 4.78 is 11.1. The number of hydrogen-bond acceptors (Lipinski definition) is 4. The maximum atomic E-state index is 11.9. The fourth-order valence-corrected chi connectivity index (χ4v) is 2.39. The summed E-state index contributed by atoms with van der Waals surface area (Å²) in [6.45, 7) is 1.24. The van der Waals surface area contributed by atoms with Gasteiger partial charge in [-0.3, -0.25) is 18.9 Å². The number of hydrogen-bond donors (Lipinski definition) is 4. The van der Waals surface area contributed by atoms with Crippen molar-refractivity contribution in [2.24, 2.45) is 5.73 Å². The summed E-state index contributed by atoms with van der Waals surface area (Å²) in [7, 11) is -4.33. The van der Waals surface area contributed by atoms with E-state index >= 15 is 0 Å². The Hall–Kier alpha value is -2.02. The van der Waals surface area contributed by atoms with Gasteiger partial charge in [0.25, 0.3) is 0 Å². The molecule has 0 saturated carbocycles. The third-order valence-corrected chi connectivity index (χ3v) is 3.80. The lowest BCUT2D eigenvalue weighted by Gasteiger charge is -2.16. The molecule has 1 aromatic rings. The van der Waals surface area contributed by atoms with E-state index in [2.05, 4.69) is 5.32 Å². The van der Waals surface area contributed by atoms with Crippen LogP contribution in [0.25, 0.3) is 0 Å². The second-order valence-electron chi connectivity index (χ2n) is 4.78. The number of ketones is 1. The van der Waals surface area contributed by atoms with Gasteiger partial charge in [-0.05, 0) is 24.1 Å². The highest BCUT2D eigenvalue weighted by molar-refractivity contribution is 7.60. The lowest BCUT2D eigenvalue weighted by molar-refractivity contribution is -0.130. The van der Waals surface area contributed by atoms with Crippen molar-refractivity contribution in [2.45, 2.75) is 25.8 Å². The molecule has 0 aliphatic carbocycles. The lowest BCUT2D eigenvalue weighted by atomic mass is 10.0. The normalized spacial score (nSPS) is 12.5. The molecule has 0 radical (unpaired) electrons. The lowest BCUT2D eigenvalue weighted by Crippen LogP contribution is -2.42. The van der Waals surface area contributed by atoms with Crippen molar-refractivity contribution in [2.75, 3.05) is 0 Å². The van der Waals surface area contributed by atoms with Crippen LogP contribution in [0.15, 0.2) is 24.3 Å². The zero-order chi connectivity index (χ0) is 16.9. The molecular weight excluding hydrogens is 311 g/mol. The number of primary amides is 1. The number of nitrogens with two attached hydrogens (primary N) is 1. The van der Waals surface area contributed by atoms with E-state index in [1.54, 1.807) is 0 Å². The van der Waals surface area contributed by atoms with Gasteiger partial charge in [-0.15, -0.1) is 0 Å². The van der Waals surface area contributed by atoms with Gasteiger partial charge in [0.15, 0.2) is 5.78 Å². The third-order valence-electron chi connectivity index (χ3n) is 2.83. The quantitative estimate of drug-likeness (QED) is 0.372. The Kier molecular flexibility index (Phi) is 5.99. The Balaban J connectivity index is 2.89. The molecule has 0 spiro atoms. The summed E-state index contributed by atoms with van der Waals surface area (Å²) >= 11 is 0. The first-order chi connectivity index (χ1) is 10.1. The highest BCUT2D eigenvalue weighted by atomic mass is 31.2. The maximum absolute atomic E-state index is 11.9. The first-order valence-electron chi connectivity index (χ1n) is 6.32. The van der Waals surface area contributed by atoms with Crippen LogP contribution in [0.3, 0.4) is 0 Å². The van der Waals surface area contributed by atoms with Crippen molar-refractivity contribution < 1.29 is 28.7 Å². The van der Waals surface area contributed by atoms with Crippen molar-refractivity contribution in [3.63, 3.8) is 0 Å². The van der Waals surface area contributed by atoms with Gasteiger partial charge in [0, 0.05) is 6.92 Å². The number of carbonyl (C=O) groups is 3. The fraction of sp³-hybridized carbons (Fsp3) is 0.308. The first kappa shape index (κ1) is 18.0. The second-order valence-corrected chi connectivity index (χ2v) is 6.38. The van der Waals surface area contributed by atoms with Crippen LogP contribution < -0.4 is 16.4 Å². The standard InChI is InChI=1S/C13H17N2O6P/c1-8(16)15-11(12(17)7-13(14)18)6-9-2-4-10(5-3-9)22(19,20)21/h2-5,11H,6-7H2,1H3,(H2,14,18)(H,15,16)(H2,19,20,21)/t11-/m0/s1. The number of nitrogens with one attached hydrogen (secondary N) is 1. The predicted octanol–water partition coefficient (Wildman–Crippen LogP) is -1.02. The maximum Gasteiger partial charge on any atom is 0.356 e. The third kappa shape index (κ3) is 5.77. The monoisotopic (exact) mass is 328 g/mol. The van der Waals surface area contributed by atoms with E-state index in [1.807, 2.05) is 0 Å². The van der Waals surface area contributed by atoms with E-state index in [4.69, 9.17) is 15.5 Å². The summed E-state index contributed by atoms with van der Waals surface area (Å²) in [5.41, 5.74) is 5.54. The Morgan fingerprint density at radius 3 is 2.18 bits per heavy atom. The van der Waals surface area contributed by atoms with Crippen molar-refractivity contribution in [3.05, 3.63) is 29.8 Å². The van der Waals surface area contributed by atoms with Crippen molar-refractivity contribution in [1.29, 1.82) is 0 Å². The molecule has 0 aromatic heterocycles. The van der Waals surface area contributed by atoms with Gasteiger partial charge in [-0.2, -0.15) is 0 Å². The number of amides is 2. The number of benzene rings is 1. The van der Waals surface area contributed by atoms with E-state index in [1.165, 1.54) is 31.2 Å². The van der Waals surface area contributed by atoms with Gasteiger partial charge >= 0.3 is 7.60 Å². The van der Waals surface area contributed by atoms with Crippen LogP contribution in [0, 0.1) is 0 Å².